The van der Waals surface area contributed by atoms with Crippen molar-refractivity contribution in [2.75, 3.05) is 26.2 Å². The maximum Gasteiger partial charge on any atom is 0.189 e. The molecular formula is C21H31N7S2. The third kappa shape index (κ3) is 6.43. The minimum Gasteiger partial charge on any atom is -0.348 e. The molecule has 1 aromatic heterocycles. The zero-order valence-electron chi connectivity index (χ0n) is 17.9. The van der Waals surface area contributed by atoms with Crippen LogP contribution in [0.5, 0.6) is 0 Å². The van der Waals surface area contributed by atoms with Crippen molar-refractivity contribution in [2.24, 2.45) is 10.2 Å². The molecule has 3 rings (SSSR count). The summed E-state index contributed by atoms with van der Waals surface area (Å²) in [5.41, 5.74) is 9.16. The summed E-state index contributed by atoms with van der Waals surface area (Å²) in [5, 5.41) is 10.2. The van der Waals surface area contributed by atoms with Crippen LogP contribution in [0.3, 0.4) is 0 Å². The molecule has 30 heavy (non-hydrogen) atoms. The highest BCUT2D eigenvalue weighted by Crippen LogP contribution is 2.10. The van der Waals surface area contributed by atoms with E-state index < -0.39 is 0 Å². The first-order valence-electron chi connectivity index (χ1n) is 10.7. The third-order valence-corrected chi connectivity index (χ3v) is 6.11. The topological polar surface area (TPSA) is 68.2 Å². The van der Waals surface area contributed by atoms with Crippen LogP contribution in [0.2, 0.25) is 0 Å². The lowest BCUT2D eigenvalue weighted by Crippen LogP contribution is -2.41. The van der Waals surface area contributed by atoms with Crippen molar-refractivity contribution in [3.63, 3.8) is 0 Å². The molecule has 1 aromatic rings. The van der Waals surface area contributed by atoms with Gasteiger partial charge in [-0.05, 0) is 88.9 Å². The van der Waals surface area contributed by atoms with E-state index in [4.69, 9.17) is 29.4 Å². The number of aromatic nitrogens is 1. The van der Waals surface area contributed by atoms with Crippen LogP contribution in [0.25, 0.3) is 0 Å². The van der Waals surface area contributed by atoms with E-state index in [2.05, 4.69) is 30.9 Å². The number of thiocarbonyl (C=S) groups is 2. The Labute approximate surface area is 190 Å². The zero-order chi connectivity index (χ0) is 21.3. The van der Waals surface area contributed by atoms with Crippen molar-refractivity contribution in [3.05, 3.63) is 29.6 Å². The molecule has 0 bridgehead atoms. The highest BCUT2D eigenvalue weighted by atomic mass is 32.1. The van der Waals surface area contributed by atoms with E-state index in [1.54, 1.807) is 0 Å². The van der Waals surface area contributed by atoms with Gasteiger partial charge in [-0.1, -0.05) is 6.07 Å². The average Bonchev–Trinajstić information content (AvgIpc) is 2.81. The monoisotopic (exact) mass is 445 g/mol. The molecule has 0 saturated carbocycles. The quantitative estimate of drug-likeness (QED) is 0.419. The molecule has 0 amide bonds. The Morgan fingerprint density at radius 3 is 1.57 bits per heavy atom. The molecule has 3 heterocycles. The van der Waals surface area contributed by atoms with Crippen LogP contribution in [0, 0.1) is 0 Å². The molecule has 0 aromatic carbocycles. The number of hydrogen-bond acceptors (Lipinski definition) is 5. The highest BCUT2D eigenvalue weighted by Gasteiger charge is 2.14. The second-order valence-electron chi connectivity index (χ2n) is 7.73. The molecule has 2 fully saturated rings. The molecule has 0 atom stereocenters. The van der Waals surface area contributed by atoms with Gasteiger partial charge in [-0.2, -0.15) is 10.2 Å². The van der Waals surface area contributed by atoms with Crippen molar-refractivity contribution < 1.29 is 0 Å². The van der Waals surface area contributed by atoms with Gasteiger partial charge >= 0.3 is 0 Å². The molecule has 2 saturated heterocycles. The summed E-state index contributed by atoms with van der Waals surface area (Å²) in [4.78, 5) is 9.05. The number of rotatable bonds is 4. The summed E-state index contributed by atoms with van der Waals surface area (Å²) in [6.07, 6.45) is 7.28. The zero-order valence-corrected chi connectivity index (χ0v) is 19.5. The Hall–Kier alpha value is -2.13. The van der Waals surface area contributed by atoms with Crippen molar-refractivity contribution in [1.82, 2.24) is 25.6 Å². The number of hydrazone groups is 2. The first-order valence-corrected chi connectivity index (χ1v) is 11.5. The van der Waals surface area contributed by atoms with Crippen LogP contribution >= 0.6 is 24.4 Å². The molecule has 162 valence electrons. The van der Waals surface area contributed by atoms with Crippen LogP contribution < -0.4 is 10.9 Å². The molecule has 2 N–H and O–H groups in total. The summed E-state index contributed by atoms with van der Waals surface area (Å²) in [5.74, 6) is 0. The van der Waals surface area contributed by atoms with Crippen molar-refractivity contribution in [1.29, 1.82) is 0 Å². The van der Waals surface area contributed by atoms with Gasteiger partial charge in [-0.15, -0.1) is 0 Å². The van der Waals surface area contributed by atoms with Gasteiger partial charge in [0.25, 0.3) is 0 Å². The number of nitrogens with one attached hydrogen (secondary N) is 2. The average molecular weight is 446 g/mol. The third-order valence-electron chi connectivity index (χ3n) is 5.42. The van der Waals surface area contributed by atoms with Crippen molar-refractivity contribution in [3.8, 4) is 0 Å². The molecule has 0 spiro atoms. The molecule has 2 aliphatic rings. The molecular weight excluding hydrogens is 414 g/mol. The molecule has 2 aliphatic heterocycles. The maximum absolute atomic E-state index is 5.47. The largest absolute Gasteiger partial charge is 0.348 e. The fourth-order valence-corrected chi connectivity index (χ4v) is 4.01. The molecule has 0 aliphatic carbocycles. The van der Waals surface area contributed by atoms with Gasteiger partial charge < -0.3 is 9.80 Å². The van der Waals surface area contributed by atoms with Gasteiger partial charge in [0, 0.05) is 26.2 Å². The number of likely N-dealkylation sites (tertiary alicyclic amines) is 2. The van der Waals surface area contributed by atoms with Crippen molar-refractivity contribution >= 4 is 46.1 Å². The maximum atomic E-state index is 5.47. The van der Waals surface area contributed by atoms with Gasteiger partial charge in [0.05, 0.1) is 22.8 Å². The second-order valence-corrected chi connectivity index (χ2v) is 8.51. The van der Waals surface area contributed by atoms with Crippen LogP contribution in [-0.2, 0) is 0 Å². The molecule has 9 heteroatoms. The summed E-state index contributed by atoms with van der Waals surface area (Å²) in [6, 6.07) is 5.83. The van der Waals surface area contributed by atoms with E-state index in [1.807, 2.05) is 32.0 Å². The van der Waals surface area contributed by atoms with Crippen LogP contribution in [0.15, 0.2) is 28.4 Å². The van der Waals surface area contributed by atoms with Crippen LogP contribution in [0.4, 0.5) is 0 Å². The van der Waals surface area contributed by atoms with Crippen molar-refractivity contribution in [2.45, 2.75) is 52.4 Å². The fourth-order valence-electron chi connectivity index (χ4n) is 3.55. The summed E-state index contributed by atoms with van der Waals surface area (Å²) in [6.45, 7) is 7.83. The smallest absolute Gasteiger partial charge is 0.189 e. The molecule has 0 unspecified atom stereocenters. The van der Waals surface area contributed by atoms with Gasteiger partial charge in [0.15, 0.2) is 10.2 Å². The lowest BCUT2D eigenvalue weighted by Gasteiger charge is -2.28. The second kappa shape index (κ2) is 11.3. The molecule has 0 radical (unpaired) electrons. The Morgan fingerprint density at radius 1 is 0.767 bits per heavy atom. The first-order chi connectivity index (χ1) is 14.5. The van der Waals surface area contributed by atoms with E-state index in [0.29, 0.717) is 10.2 Å². The van der Waals surface area contributed by atoms with E-state index in [-0.39, 0.29) is 0 Å². The number of hydrogen-bond donors (Lipinski definition) is 2. The lowest BCUT2D eigenvalue weighted by molar-refractivity contribution is 0.338. The first kappa shape index (κ1) is 22.6. The van der Waals surface area contributed by atoms with E-state index in [9.17, 15) is 0 Å². The summed E-state index contributed by atoms with van der Waals surface area (Å²) in [7, 11) is 0. The number of nitrogens with zero attached hydrogens (tertiary/aromatic N) is 5. The normalized spacial score (nSPS) is 18.2. The van der Waals surface area contributed by atoms with E-state index in [1.165, 1.54) is 38.5 Å². The fraction of sp³-hybridized carbons (Fsp3) is 0.571. The minimum atomic E-state index is 0.679. The predicted octanol–water partition coefficient (Wildman–Crippen LogP) is 3.25. The highest BCUT2D eigenvalue weighted by molar-refractivity contribution is 7.80. The van der Waals surface area contributed by atoms with Gasteiger partial charge in [0.1, 0.15) is 0 Å². The van der Waals surface area contributed by atoms with E-state index >= 15 is 0 Å². The summed E-state index contributed by atoms with van der Waals surface area (Å²) >= 11 is 10.9. The Balaban J connectivity index is 1.59. The molecule has 7 nitrogen and oxygen atoms in total. The van der Waals surface area contributed by atoms with Gasteiger partial charge in [-0.25, -0.2) is 4.98 Å². The van der Waals surface area contributed by atoms with E-state index in [0.717, 1.165) is 49.0 Å². The SMILES string of the molecule is C/C(=N/NC(=S)N1CCCCC1)c1cccc(/C(C)=N/NC(=S)N2CCCCC2)n1. The Morgan fingerprint density at radius 2 is 1.17 bits per heavy atom. The van der Waals surface area contributed by atoms with Crippen LogP contribution in [-0.4, -0.2) is 62.6 Å². The number of piperidine rings is 2. The Kier molecular flexibility index (Phi) is 8.50. The number of pyridine rings is 1. The Bertz CT molecular complexity index is 746. The van der Waals surface area contributed by atoms with Crippen LogP contribution in [0.1, 0.15) is 63.8 Å². The standard InChI is InChI=1S/C21H31N7S2/c1-16(23-25-20(29)27-12-5-3-6-13-27)18-10-9-11-19(22-18)17(2)24-26-21(30)28-14-7-4-8-15-28/h9-11H,3-8,12-15H2,1-2H3,(H,25,29)(H,26,30)/b23-16-,24-17+. The summed E-state index contributed by atoms with van der Waals surface area (Å²) < 4.78 is 0. The lowest BCUT2D eigenvalue weighted by atomic mass is 10.1. The van der Waals surface area contributed by atoms with Gasteiger partial charge in [-0.3, -0.25) is 10.9 Å². The predicted molar refractivity (Wildman–Crippen MR) is 131 cm³/mol. The minimum absolute atomic E-state index is 0.679. The van der Waals surface area contributed by atoms with Gasteiger partial charge in [0.2, 0.25) is 0 Å².